The number of para-hydroxylation sites is 1. The molecular formula is C24H20N4O5. The summed E-state index contributed by atoms with van der Waals surface area (Å²) < 4.78 is 5.73. The molecule has 9 heteroatoms. The molecule has 4 amide bonds. The highest BCUT2D eigenvalue weighted by Gasteiger charge is 2.44. The molecule has 1 aliphatic rings. The molecule has 0 bridgehead atoms. The molecule has 1 unspecified atom stereocenters. The van der Waals surface area contributed by atoms with Crippen LogP contribution in [0.15, 0.2) is 79.1 Å². The fourth-order valence-electron chi connectivity index (χ4n) is 3.42. The number of aromatic nitrogens is 1. The Labute approximate surface area is 189 Å². The number of ether oxygens (including phenoxy) is 1. The standard InChI is InChI=1S/C24H20N4O5/c1-16(29)28(26-23(31)17-6-5-13-25-15-17)21-14-22(30)27(24(21)32)18-9-11-20(12-10-18)33-19-7-3-2-4-8-19/h2-13,15,21H,14H2,1H3,(H,26,31). The van der Waals surface area contributed by atoms with Crippen LogP contribution in [-0.4, -0.2) is 39.7 Å². The first-order chi connectivity index (χ1) is 15.9. The summed E-state index contributed by atoms with van der Waals surface area (Å²) in [7, 11) is 0. The van der Waals surface area contributed by atoms with Crippen LogP contribution in [0, 0.1) is 0 Å². The van der Waals surface area contributed by atoms with Gasteiger partial charge in [-0.1, -0.05) is 18.2 Å². The average Bonchev–Trinajstić information content (AvgIpc) is 3.12. The van der Waals surface area contributed by atoms with Gasteiger partial charge in [-0.3, -0.25) is 29.6 Å². The Balaban J connectivity index is 1.50. The molecule has 1 fully saturated rings. The van der Waals surface area contributed by atoms with E-state index in [2.05, 4.69) is 10.4 Å². The zero-order chi connectivity index (χ0) is 23.4. The van der Waals surface area contributed by atoms with Gasteiger partial charge < -0.3 is 4.74 Å². The van der Waals surface area contributed by atoms with Crippen molar-refractivity contribution in [3.63, 3.8) is 0 Å². The highest BCUT2D eigenvalue weighted by Crippen LogP contribution is 2.28. The van der Waals surface area contributed by atoms with E-state index in [9.17, 15) is 19.2 Å². The molecule has 1 aliphatic heterocycles. The van der Waals surface area contributed by atoms with Crippen LogP contribution in [0.4, 0.5) is 5.69 Å². The van der Waals surface area contributed by atoms with Crippen molar-refractivity contribution in [1.82, 2.24) is 15.4 Å². The van der Waals surface area contributed by atoms with E-state index in [4.69, 9.17) is 4.74 Å². The zero-order valence-electron chi connectivity index (χ0n) is 17.7. The number of carbonyl (C=O) groups is 4. The van der Waals surface area contributed by atoms with Crippen LogP contribution in [0.25, 0.3) is 0 Å². The second kappa shape index (κ2) is 9.31. The maximum atomic E-state index is 13.1. The summed E-state index contributed by atoms with van der Waals surface area (Å²) in [6, 6.07) is 17.6. The molecule has 1 aromatic heterocycles. The molecule has 9 nitrogen and oxygen atoms in total. The van der Waals surface area contributed by atoms with Gasteiger partial charge in [-0.05, 0) is 48.5 Å². The van der Waals surface area contributed by atoms with Crippen molar-refractivity contribution in [3.05, 3.63) is 84.7 Å². The maximum Gasteiger partial charge on any atom is 0.271 e. The molecule has 1 N–H and O–H groups in total. The molecule has 0 radical (unpaired) electrons. The second-order valence-corrected chi connectivity index (χ2v) is 7.27. The van der Waals surface area contributed by atoms with E-state index in [0.29, 0.717) is 17.2 Å². The summed E-state index contributed by atoms with van der Waals surface area (Å²) in [5.74, 6) is -1.09. The van der Waals surface area contributed by atoms with Gasteiger partial charge in [0.05, 0.1) is 17.7 Å². The van der Waals surface area contributed by atoms with Crippen LogP contribution in [0.3, 0.4) is 0 Å². The lowest BCUT2D eigenvalue weighted by Gasteiger charge is -2.26. The number of hydrazine groups is 1. The minimum absolute atomic E-state index is 0.214. The molecule has 0 spiro atoms. The zero-order valence-corrected chi connectivity index (χ0v) is 17.7. The van der Waals surface area contributed by atoms with E-state index < -0.39 is 29.7 Å². The van der Waals surface area contributed by atoms with E-state index in [1.54, 1.807) is 30.3 Å². The number of rotatable bonds is 5. The van der Waals surface area contributed by atoms with Crippen LogP contribution in [-0.2, 0) is 14.4 Å². The maximum absolute atomic E-state index is 13.1. The van der Waals surface area contributed by atoms with Gasteiger partial charge in [0.15, 0.2) is 0 Å². The van der Waals surface area contributed by atoms with Gasteiger partial charge in [0.2, 0.25) is 11.8 Å². The number of imide groups is 1. The first-order valence-electron chi connectivity index (χ1n) is 10.1. The van der Waals surface area contributed by atoms with Crippen molar-refractivity contribution in [2.75, 3.05) is 4.90 Å². The lowest BCUT2D eigenvalue weighted by atomic mass is 10.2. The largest absolute Gasteiger partial charge is 0.457 e. The molecule has 1 saturated heterocycles. The number of nitrogens with zero attached hydrogens (tertiary/aromatic N) is 3. The molecule has 4 rings (SSSR count). The number of hydrogen-bond acceptors (Lipinski definition) is 6. The first kappa shape index (κ1) is 21.7. The summed E-state index contributed by atoms with van der Waals surface area (Å²) >= 11 is 0. The van der Waals surface area contributed by atoms with Crippen molar-refractivity contribution in [2.24, 2.45) is 0 Å². The number of pyridine rings is 1. The molecule has 2 aromatic carbocycles. The van der Waals surface area contributed by atoms with Crippen molar-refractivity contribution < 1.29 is 23.9 Å². The third kappa shape index (κ3) is 4.72. The topological polar surface area (TPSA) is 109 Å². The monoisotopic (exact) mass is 444 g/mol. The summed E-state index contributed by atoms with van der Waals surface area (Å²) in [4.78, 5) is 55.3. The fourth-order valence-corrected chi connectivity index (χ4v) is 3.42. The molecular weight excluding hydrogens is 424 g/mol. The summed E-state index contributed by atoms with van der Waals surface area (Å²) in [6.07, 6.45) is 2.58. The van der Waals surface area contributed by atoms with Crippen molar-refractivity contribution in [3.8, 4) is 11.5 Å². The van der Waals surface area contributed by atoms with Crippen molar-refractivity contribution in [2.45, 2.75) is 19.4 Å². The van der Waals surface area contributed by atoms with E-state index in [0.717, 1.165) is 9.91 Å². The highest BCUT2D eigenvalue weighted by molar-refractivity contribution is 6.23. The average molecular weight is 444 g/mol. The molecule has 0 saturated carbocycles. The predicted octanol–water partition coefficient (Wildman–Crippen LogP) is 2.70. The number of carbonyl (C=O) groups excluding carboxylic acids is 4. The lowest BCUT2D eigenvalue weighted by Crippen LogP contribution is -2.54. The normalized spacial score (nSPS) is 15.3. The Morgan fingerprint density at radius 1 is 1.00 bits per heavy atom. The Kier molecular flexibility index (Phi) is 6.12. The van der Waals surface area contributed by atoms with E-state index in [-0.39, 0.29) is 12.0 Å². The number of nitrogens with one attached hydrogen (secondary N) is 1. The van der Waals surface area contributed by atoms with E-state index >= 15 is 0 Å². The Bertz CT molecular complexity index is 1180. The smallest absolute Gasteiger partial charge is 0.271 e. The third-order valence-electron chi connectivity index (χ3n) is 4.99. The molecule has 166 valence electrons. The van der Waals surface area contributed by atoms with Crippen molar-refractivity contribution in [1.29, 1.82) is 0 Å². The molecule has 0 aliphatic carbocycles. The second-order valence-electron chi connectivity index (χ2n) is 7.27. The number of benzene rings is 2. The van der Waals surface area contributed by atoms with Gasteiger partial charge in [-0.2, -0.15) is 0 Å². The van der Waals surface area contributed by atoms with Gasteiger partial charge in [-0.25, -0.2) is 9.91 Å². The summed E-state index contributed by atoms with van der Waals surface area (Å²) in [5, 5.41) is 0.891. The Hall–Kier alpha value is -4.53. The Morgan fingerprint density at radius 2 is 1.70 bits per heavy atom. The van der Waals surface area contributed by atoms with Crippen LogP contribution in [0.5, 0.6) is 11.5 Å². The fraction of sp³-hybridized carbons (Fsp3) is 0.125. The third-order valence-corrected chi connectivity index (χ3v) is 4.99. The molecule has 33 heavy (non-hydrogen) atoms. The summed E-state index contributed by atoms with van der Waals surface area (Å²) in [6.45, 7) is 1.21. The van der Waals surface area contributed by atoms with Gasteiger partial charge in [0.25, 0.3) is 11.8 Å². The van der Waals surface area contributed by atoms with Crippen LogP contribution in [0.2, 0.25) is 0 Å². The van der Waals surface area contributed by atoms with Crippen LogP contribution >= 0.6 is 0 Å². The van der Waals surface area contributed by atoms with Crippen LogP contribution < -0.4 is 15.1 Å². The lowest BCUT2D eigenvalue weighted by molar-refractivity contribution is -0.139. The van der Waals surface area contributed by atoms with Gasteiger partial charge >= 0.3 is 0 Å². The van der Waals surface area contributed by atoms with Gasteiger partial charge in [-0.15, -0.1) is 0 Å². The SMILES string of the molecule is CC(=O)N(NC(=O)c1cccnc1)C1CC(=O)N(c2ccc(Oc3ccccc3)cc2)C1=O. The minimum Gasteiger partial charge on any atom is -0.457 e. The summed E-state index contributed by atoms with van der Waals surface area (Å²) in [5.41, 5.74) is 2.98. The molecule has 3 aromatic rings. The number of hydrogen-bond donors (Lipinski definition) is 1. The van der Waals surface area contributed by atoms with Crippen molar-refractivity contribution >= 4 is 29.3 Å². The molecule has 2 heterocycles. The number of anilines is 1. The van der Waals surface area contributed by atoms with Crippen LogP contribution in [0.1, 0.15) is 23.7 Å². The molecule has 1 atom stereocenters. The quantitative estimate of drug-likeness (QED) is 0.479. The van der Waals surface area contributed by atoms with E-state index in [1.165, 1.54) is 25.4 Å². The van der Waals surface area contributed by atoms with Gasteiger partial charge in [0.1, 0.15) is 17.5 Å². The minimum atomic E-state index is -1.16. The highest BCUT2D eigenvalue weighted by atomic mass is 16.5. The van der Waals surface area contributed by atoms with Gasteiger partial charge in [0, 0.05) is 19.3 Å². The first-order valence-corrected chi connectivity index (χ1v) is 10.1. The predicted molar refractivity (Wildman–Crippen MR) is 118 cm³/mol. The number of amides is 4. The van der Waals surface area contributed by atoms with E-state index in [1.807, 2.05) is 30.3 Å². The Morgan fingerprint density at radius 3 is 2.33 bits per heavy atom.